The SMILES string of the molecule is CC(C)(C)OC(=O)COCc1cc(C#C[Si](C)(C)C)cc(C(=O)O)c1. The molecule has 0 saturated carbocycles. The maximum atomic E-state index is 11.6. The van der Waals surface area contributed by atoms with Gasteiger partial charge in [0.2, 0.25) is 0 Å². The molecule has 0 fully saturated rings. The molecule has 1 aromatic rings. The van der Waals surface area contributed by atoms with Crippen LogP contribution in [0.4, 0.5) is 0 Å². The van der Waals surface area contributed by atoms with Crippen molar-refractivity contribution in [1.82, 2.24) is 0 Å². The molecule has 6 heteroatoms. The minimum Gasteiger partial charge on any atom is -0.478 e. The molecule has 0 aliphatic rings. The van der Waals surface area contributed by atoms with Gasteiger partial charge >= 0.3 is 11.9 Å². The van der Waals surface area contributed by atoms with Crippen LogP contribution in [0.1, 0.15) is 42.3 Å². The van der Waals surface area contributed by atoms with Crippen molar-refractivity contribution in [3.63, 3.8) is 0 Å². The van der Waals surface area contributed by atoms with Crippen molar-refractivity contribution in [3.05, 3.63) is 34.9 Å². The average molecular weight is 362 g/mol. The lowest BCUT2D eigenvalue weighted by atomic mass is 10.1. The Labute approximate surface area is 150 Å². The molecular weight excluding hydrogens is 336 g/mol. The van der Waals surface area contributed by atoms with Gasteiger partial charge < -0.3 is 14.6 Å². The number of rotatable bonds is 5. The largest absolute Gasteiger partial charge is 0.478 e. The minimum absolute atomic E-state index is 0.113. The molecule has 0 atom stereocenters. The molecule has 0 bridgehead atoms. The lowest BCUT2D eigenvalue weighted by Crippen LogP contribution is -2.26. The predicted octanol–water partition coefficient (Wildman–Crippen LogP) is 3.47. The Hall–Kier alpha value is -2.10. The van der Waals surface area contributed by atoms with Gasteiger partial charge in [-0.3, -0.25) is 0 Å². The molecule has 0 aliphatic carbocycles. The van der Waals surface area contributed by atoms with Gasteiger partial charge in [0.25, 0.3) is 0 Å². The third kappa shape index (κ3) is 9.08. The molecule has 0 heterocycles. The van der Waals surface area contributed by atoms with E-state index in [9.17, 15) is 14.7 Å². The average Bonchev–Trinajstić information content (AvgIpc) is 2.42. The van der Waals surface area contributed by atoms with Gasteiger partial charge in [-0.1, -0.05) is 25.6 Å². The number of hydrogen-bond donors (Lipinski definition) is 1. The van der Waals surface area contributed by atoms with Gasteiger partial charge in [-0.05, 0) is 44.5 Å². The van der Waals surface area contributed by atoms with E-state index in [1.165, 1.54) is 6.07 Å². The lowest BCUT2D eigenvalue weighted by molar-refractivity contribution is -0.160. The van der Waals surface area contributed by atoms with E-state index >= 15 is 0 Å². The first-order valence-corrected chi connectivity index (χ1v) is 11.6. The normalized spacial score (nSPS) is 11.4. The van der Waals surface area contributed by atoms with Gasteiger partial charge in [0.1, 0.15) is 20.3 Å². The molecule has 0 aliphatic heterocycles. The fourth-order valence-electron chi connectivity index (χ4n) is 1.85. The van der Waals surface area contributed by atoms with Crippen LogP contribution in [0.25, 0.3) is 0 Å². The Bertz CT molecular complexity index is 699. The van der Waals surface area contributed by atoms with E-state index < -0.39 is 25.6 Å². The highest BCUT2D eigenvalue weighted by molar-refractivity contribution is 6.83. The monoisotopic (exact) mass is 362 g/mol. The summed E-state index contributed by atoms with van der Waals surface area (Å²) in [6, 6.07) is 4.86. The third-order valence-electron chi connectivity index (χ3n) is 2.73. The second-order valence-corrected chi connectivity index (χ2v) is 12.6. The summed E-state index contributed by atoms with van der Waals surface area (Å²) in [7, 11) is -1.57. The lowest BCUT2D eigenvalue weighted by Gasteiger charge is -2.19. The Morgan fingerprint density at radius 3 is 2.32 bits per heavy atom. The van der Waals surface area contributed by atoms with E-state index in [0.29, 0.717) is 11.1 Å². The standard InChI is InChI=1S/C19H26O5Si/c1-19(2,3)24-17(20)13-23-12-15-9-14(7-8-25(4,5)6)10-16(11-15)18(21)22/h9-11H,12-13H2,1-6H3,(H,21,22). The van der Waals surface area contributed by atoms with E-state index in [1.807, 2.05) is 0 Å². The maximum Gasteiger partial charge on any atom is 0.335 e. The summed E-state index contributed by atoms with van der Waals surface area (Å²) < 4.78 is 10.5. The van der Waals surface area contributed by atoms with Crippen LogP contribution in [0.5, 0.6) is 0 Å². The van der Waals surface area contributed by atoms with Crippen LogP contribution in [0, 0.1) is 11.5 Å². The quantitative estimate of drug-likeness (QED) is 0.493. The van der Waals surface area contributed by atoms with Crippen LogP contribution in [0.3, 0.4) is 0 Å². The van der Waals surface area contributed by atoms with Crippen LogP contribution in [-0.4, -0.2) is 37.3 Å². The molecule has 0 aromatic heterocycles. The van der Waals surface area contributed by atoms with Crippen molar-refractivity contribution in [3.8, 4) is 11.5 Å². The fraction of sp³-hybridized carbons (Fsp3) is 0.474. The van der Waals surface area contributed by atoms with Crippen LogP contribution < -0.4 is 0 Å². The highest BCUT2D eigenvalue weighted by Crippen LogP contribution is 2.13. The van der Waals surface area contributed by atoms with Gasteiger partial charge in [0.15, 0.2) is 0 Å². The molecule has 1 aromatic carbocycles. The Balaban J connectivity index is 2.85. The van der Waals surface area contributed by atoms with Gasteiger partial charge in [-0.25, -0.2) is 9.59 Å². The summed E-state index contributed by atoms with van der Waals surface area (Å²) in [5, 5.41) is 9.25. The van der Waals surface area contributed by atoms with E-state index in [1.54, 1.807) is 32.9 Å². The highest BCUT2D eigenvalue weighted by atomic mass is 28.3. The van der Waals surface area contributed by atoms with E-state index in [-0.39, 0.29) is 18.8 Å². The van der Waals surface area contributed by atoms with Crippen molar-refractivity contribution in [2.45, 2.75) is 52.6 Å². The summed E-state index contributed by atoms with van der Waals surface area (Å²) in [6.45, 7) is 11.6. The van der Waals surface area contributed by atoms with Crippen molar-refractivity contribution in [2.24, 2.45) is 0 Å². The Morgan fingerprint density at radius 2 is 1.80 bits per heavy atom. The van der Waals surface area contributed by atoms with Gasteiger partial charge in [-0.15, -0.1) is 5.54 Å². The number of esters is 1. The fourth-order valence-corrected chi connectivity index (χ4v) is 2.37. The summed E-state index contributed by atoms with van der Waals surface area (Å²) >= 11 is 0. The molecule has 0 unspecified atom stereocenters. The Morgan fingerprint density at radius 1 is 1.16 bits per heavy atom. The number of carbonyl (C=O) groups excluding carboxylic acids is 1. The van der Waals surface area contributed by atoms with Crippen molar-refractivity contribution >= 4 is 20.0 Å². The molecule has 1 rings (SSSR count). The molecule has 1 N–H and O–H groups in total. The minimum atomic E-state index is -1.57. The van der Waals surface area contributed by atoms with E-state index in [2.05, 4.69) is 31.1 Å². The summed E-state index contributed by atoms with van der Waals surface area (Å²) in [5.41, 5.74) is 4.09. The third-order valence-corrected chi connectivity index (χ3v) is 3.61. The molecule has 0 radical (unpaired) electrons. The number of carboxylic acid groups (broad SMARTS) is 1. The van der Waals surface area contributed by atoms with Gasteiger partial charge in [0, 0.05) is 5.56 Å². The number of carboxylic acids is 1. The first-order valence-electron chi connectivity index (χ1n) is 8.06. The second-order valence-electron chi connectivity index (χ2n) is 7.80. The summed E-state index contributed by atoms with van der Waals surface area (Å²) in [4.78, 5) is 22.9. The van der Waals surface area contributed by atoms with Crippen molar-refractivity contribution in [1.29, 1.82) is 0 Å². The number of benzene rings is 1. The number of hydrogen-bond acceptors (Lipinski definition) is 4. The van der Waals surface area contributed by atoms with Gasteiger partial charge in [0.05, 0.1) is 12.2 Å². The molecule has 136 valence electrons. The highest BCUT2D eigenvalue weighted by Gasteiger charge is 2.16. The maximum absolute atomic E-state index is 11.6. The first kappa shape index (κ1) is 20.9. The number of ether oxygens (including phenoxy) is 2. The predicted molar refractivity (Wildman–Crippen MR) is 99.1 cm³/mol. The van der Waals surface area contributed by atoms with E-state index in [0.717, 1.165) is 0 Å². The van der Waals surface area contributed by atoms with Crippen molar-refractivity contribution < 1.29 is 24.2 Å². The summed E-state index contributed by atoms with van der Waals surface area (Å²) in [6.07, 6.45) is 0. The first-order chi connectivity index (χ1) is 11.4. The molecule has 25 heavy (non-hydrogen) atoms. The zero-order valence-corrected chi connectivity index (χ0v) is 16.7. The number of carbonyl (C=O) groups is 2. The van der Waals surface area contributed by atoms with Crippen LogP contribution in [0.2, 0.25) is 19.6 Å². The zero-order chi connectivity index (χ0) is 19.3. The molecule has 0 saturated heterocycles. The molecular formula is C19H26O5Si. The smallest absolute Gasteiger partial charge is 0.335 e. The zero-order valence-electron chi connectivity index (χ0n) is 15.7. The number of aromatic carboxylic acids is 1. The van der Waals surface area contributed by atoms with Crippen LogP contribution >= 0.6 is 0 Å². The molecule has 0 amide bonds. The van der Waals surface area contributed by atoms with Crippen LogP contribution in [0.15, 0.2) is 18.2 Å². The topological polar surface area (TPSA) is 72.8 Å². The Kier molecular flexibility index (Phi) is 6.97. The molecule has 0 spiro atoms. The van der Waals surface area contributed by atoms with E-state index in [4.69, 9.17) is 9.47 Å². The summed E-state index contributed by atoms with van der Waals surface area (Å²) in [5.74, 6) is 1.57. The van der Waals surface area contributed by atoms with Gasteiger partial charge in [-0.2, -0.15) is 0 Å². The molecule has 5 nitrogen and oxygen atoms in total. The van der Waals surface area contributed by atoms with Crippen molar-refractivity contribution in [2.75, 3.05) is 6.61 Å². The van der Waals surface area contributed by atoms with Crippen LogP contribution in [-0.2, 0) is 20.9 Å². The second kappa shape index (κ2) is 8.32.